The second kappa shape index (κ2) is 9.44. The molecular weight excluding hydrogens is 400 g/mol. The molecule has 0 amide bonds. The van der Waals surface area contributed by atoms with Gasteiger partial charge in [0, 0.05) is 35.6 Å². The highest BCUT2D eigenvalue weighted by Crippen LogP contribution is 2.47. The van der Waals surface area contributed by atoms with Crippen LogP contribution < -0.4 is 0 Å². The Bertz CT molecular complexity index is 762. The third-order valence-corrected chi connectivity index (χ3v) is 8.22. The molecule has 2 aliphatic heterocycles. The summed E-state index contributed by atoms with van der Waals surface area (Å²) in [5.41, 5.74) is 0.598. The summed E-state index contributed by atoms with van der Waals surface area (Å²) < 4.78 is 5.60. The Morgan fingerprint density at radius 3 is 2.25 bits per heavy atom. The summed E-state index contributed by atoms with van der Waals surface area (Å²) in [6.45, 7) is 19.1. The number of likely N-dealkylation sites (tertiary alicyclic amines) is 1. The van der Waals surface area contributed by atoms with Crippen LogP contribution in [0.5, 0.6) is 0 Å². The van der Waals surface area contributed by atoms with E-state index >= 15 is 0 Å². The molecule has 2 heterocycles. The van der Waals surface area contributed by atoms with Gasteiger partial charge in [0.15, 0.2) is 0 Å². The van der Waals surface area contributed by atoms with Gasteiger partial charge in [0.1, 0.15) is 0 Å². The molecule has 0 bridgehead atoms. The lowest BCUT2D eigenvalue weighted by atomic mass is 9.75. The van der Waals surface area contributed by atoms with Crippen LogP contribution in [-0.4, -0.2) is 52.8 Å². The molecule has 2 saturated heterocycles. The number of nitrogens with zero attached hydrogens (tertiary/aromatic N) is 2. The maximum Gasteiger partial charge on any atom is 0.313 e. The number of piperidine rings is 1. The normalized spacial score (nSPS) is 31.4. The number of carbonyl (C=O) groups excluding carboxylic acids is 1. The second-order valence-electron chi connectivity index (χ2n) is 11.2. The minimum atomic E-state index is -0.622. The highest BCUT2D eigenvalue weighted by atomic mass is 16.7. The lowest BCUT2D eigenvalue weighted by Crippen LogP contribution is -2.59. The van der Waals surface area contributed by atoms with E-state index in [1.54, 1.807) is 0 Å². The van der Waals surface area contributed by atoms with Gasteiger partial charge in [-0.15, -0.1) is 0 Å². The number of hydrogen-bond acceptors (Lipinski definition) is 5. The van der Waals surface area contributed by atoms with Gasteiger partial charge in [-0.05, 0) is 80.2 Å². The number of carbonyl (C=O) groups is 1. The molecule has 1 aromatic rings. The van der Waals surface area contributed by atoms with E-state index in [1.807, 2.05) is 13.0 Å². The first-order valence-corrected chi connectivity index (χ1v) is 12.4. The molecule has 2 aliphatic rings. The van der Waals surface area contributed by atoms with Crippen molar-refractivity contribution in [1.29, 1.82) is 0 Å². The Hall–Kier alpha value is -1.43. The van der Waals surface area contributed by atoms with Crippen LogP contribution in [0.3, 0.4) is 0 Å². The van der Waals surface area contributed by atoms with Gasteiger partial charge in [0.25, 0.3) is 0 Å². The largest absolute Gasteiger partial charge is 0.466 e. The minimum Gasteiger partial charge on any atom is -0.466 e. The first kappa shape index (κ1) is 25.2. The molecule has 0 unspecified atom stereocenters. The summed E-state index contributed by atoms with van der Waals surface area (Å²) in [5, 5.41) is 2.21. The van der Waals surface area contributed by atoms with E-state index < -0.39 is 5.41 Å². The average Bonchev–Trinajstić information content (AvgIpc) is 2.99. The van der Waals surface area contributed by atoms with Crippen molar-refractivity contribution in [3.8, 4) is 0 Å². The number of hydroxylamine groups is 2. The van der Waals surface area contributed by atoms with Crippen molar-refractivity contribution in [1.82, 2.24) is 9.96 Å². The summed E-state index contributed by atoms with van der Waals surface area (Å²) in [6.07, 6.45) is 3.44. The third-order valence-electron chi connectivity index (χ3n) is 8.22. The van der Waals surface area contributed by atoms with Crippen molar-refractivity contribution in [2.45, 2.75) is 97.8 Å². The summed E-state index contributed by atoms with van der Waals surface area (Å²) in [4.78, 5) is 22.3. The molecule has 0 N–H and O–H groups in total. The molecule has 5 nitrogen and oxygen atoms in total. The molecule has 0 aliphatic carbocycles. The fourth-order valence-electron chi connectivity index (χ4n) is 6.04. The summed E-state index contributed by atoms with van der Waals surface area (Å²) >= 11 is 0. The van der Waals surface area contributed by atoms with Crippen LogP contribution in [0.1, 0.15) is 86.3 Å². The van der Waals surface area contributed by atoms with Crippen LogP contribution in [0.2, 0.25) is 0 Å². The number of hydrogen-bond donors (Lipinski definition) is 0. The zero-order chi connectivity index (χ0) is 23.7. The van der Waals surface area contributed by atoms with Crippen LogP contribution in [0.15, 0.2) is 30.3 Å². The molecule has 4 atom stereocenters. The van der Waals surface area contributed by atoms with E-state index in [0.29, 0.717) is 13.2 Å². The molecule has 3 rings (SSSR count). The Morgan fingerprint density at radius 2 is 1.69 bits per heavy atom. The molecule has 0 spiro atoms. The quantitative estimate of drug-likeness (QED) is 0.511. The van der Waals surface area contributed by atoms with Gasteiger partial charge in [-0.3, -0.25) is 14.5 Å². The van der Waals surface area contributed by atoms with Gasteiger partial charge in [-0.1, -0.05) is 30.3 Å². The van der Waals surface area contributed by atoms with Gasteiger partial charge in [-0.2, -0.15) is 5.06 Å². The topological polar surface area (TPSA) is 42.0 Å². The molecule has 5 heteroatoms. The Kier molecular flexibility index (Phi) is 7.43. The SMILES string of the molecule is CCOC(=O)[C@@]1(C)[C@@H](CON2C(C)(C)CCCC2(C)C)CN([C@H](C)c2ccccc2)[C@@H]1C. The minimum absolute atomic E-state index is 0.0245. The Balaban J connectivity index is 1.85. The lowest BCUT2D eigenvalue weighted by molar-refractivity contribution is -0.288. The summed E-state index contributed by atoms with van der Waals surface area (Å²) in [5.74, 6) is -0.0581. The maximum absolute atomic E-state index is 13.3. The molecule has 0 aromatic heterocycles. The standard InChI is InChI=1S/C27H44N2O3/c1-9-31-24(30)27(8)21(3)28(20(2)22-14-11-10-12-15-22)18-23(27)19-32-29-25(4,5)16-13-17-26(29,6)7/h10-12,14-15,20-21,23H,9,13,16-19H2,1-8H3/t20-,21-,23-,27-/m1/s1. The van der Waals surface area contributed by atoms with Gasteiger partial charge in [-0.25, -0.2) is 0 Å². The molecule has 32 heavy (non-hydrogen) atoms. The van der Waals surface area contributed by atoms with Gasteiger partial charge in [0.2, 0.25) is 0 Å². The van der Waals surface area contributed by atoms with Crippen LogP contribution in [0, 0.1) is 11.3 Å². The van der Waals surface area contributed by atoms with Gasteiger partial charge < -0.3 is 4.74 Å². The molecule has 0 radical (unpaired) electrons. The van der Waals surface area contributed by atoms with Crippen molar-refractivity contribution in [2.24, 2.45) is 11.3 Å². The number of ether oxygens (including phenoxy) is 1. The van der Waals surface area contributed by atoms with Crippen molar-refractivity contribution >= 4 is 5.97 Å². The van der Waals surface area contributed by atoms with Crippen LogP contribution in [-0.2, 0) is 14.4 Å². The van der Waals surface area contributed by atoms with Crippen molar-refractivity contribution in [3.05, 3.63) is 35.9 Å². The Morgan fingerprint density at radius 1 is 1.09 bits per heavy atom. The predicted octanol–water partition coefficient (Wildman–Crippen LogP) is 5.61. The first-order chi connectivity index (χ1) is 14.9. The summed E-state index contributed by atoms with van der Waals surface area (Å²) in [6, 6.07) is 10.8. The predicted molar refractivity (Wildman–Crippen MR) is 129 cm³/mol. The average molecular weight is 445 g/mol. The monoisotopic (exact) mass is 444 g/mol. The molecular formula is C27H44N2O3. The zero-order valence-corrected chi connectivity index (χ0v) is 21.5. The lowest BCUT2D eigenvalue weighted by Gasteiger charge is -2.51. The van der Waals surface area contributed by atoms with E-state index in [4.69, 9.17) is 9.57 Å². The zero-order valence-electron chi connectivity index (χ0n) is 21.5. The van der Waals surface area contributed by atoms with E-state index in [2.05, 4.69) is 82.7 Å². The van der Waals surface area contributed by atoms with E-state index in [9.17, 15) is 4.79 Å². The number of rotatable bonds is 7. The van der Waals surface area contributed by atoms with Gasteiger partial charge in [0.05, 0.1) is 18.6 Å². The van der Waals surface area contributed by atoms with Crippen molar-refractivity contribution < 1.29 is 14.4 Å². The number of benzene rings is 1. The van der Waals surface area contributed by atoms with E-state index in [1.165, 1.54) is 12.0 Å². The van der Waals surface area contributed by atoms with Crippen LogP contribution in [0.25, 0.3) is 0 Å². The highest BCUT2D eigenvalue weighted by Gasteiger charge is 2.56. The molecule has 1 aromatic carbocycles. The van der Waals surface area contributed by atoms with Crippen molar-refractivity contribution in [2.75, 3.05) is 19.8 Å². The molecule has 180 valence electrons. The van der Waals surface area contributed by atoms with Crippen LogP contribution in [0.4, 0.5) is 0 Å². The van der Waals surface area contributed by atoms with Crippen LogP contribution >= 0.6 is 0 Å². The van der Waals surface area contributed by atoms with E-state index in [-0.39, 0.29) is 35.0 Å². The first-order valence-electron chi connectivity index (χ1n) is 12.4. The van der Waals surface area contributed by atoms with E-state index in [0.717, 1.165) is 19.4 Å². The third kappa shape index (κ3) is 4.62. The molecule has 0 saturated carbocycles. The fraction of sp³-hybridized carbons (Fsp3) is 0.741. The Labute approximate surface area is 195 Å². The summed E-state index contributed by atoms with van der Waals surface area (Å²) in [7, 11) is 0. The second-order valence-corrected chi connectivity index (χ2v) is 11.2. The number of esters is 1. The molecule has 2 fully saturated rings. The smallest absolute Gasteiger partial charge is 0.313 e. The maximum atomic E-state index is 13.3. The fourth-order valence-corrected chi connectivity index (χ4v) is 6.04. The van der Waals surface area contributed by atoms with Crippen molar-refractivity contribution in [3.63, 3.8) is 0 Å². The highest BCUT2D eigenvalue weighted by molar-refractivity contribution is 5.78. The van der Waals surface area contributed by atoms with Gasteiger partial charge >= 0.3 is 5.97 Å².